The molecule has 0 spiro atoms. The van der Waals surface area contributed by atoms with Gasteiger partial charge in [-0.3, -0.25) is 4.98 Å². The molecule has 1 heteroatoms. The first kappa shape index (κ1) is 10.2. The lowest BCUT2D eigenvalue weighted by Gasteiger charge is -2.04. The fraction of sp³-hybridized carbons (Fsp3) is 0.286. The Labute approximate surface area is 91.2 Å². The highest BCUT2D eigenvalue weighted by Gasteiger charge is 1.99. The van der Waals surface area contributed by atoms with E-state index in [1.54, 1.807) is 0 Å². The molecular weight excluding hydrogens is 182 g/mol. The fourth-order valence-corrected chi connectivity index (χ4v) is 1.88. The van der Waals surface area contributed by atoms with Crippen molar-refractivity contribution in [2.24, 2.45) is 0 Å². The summed E-state index contributed by atoms with van der Waals surface area (Å²) in [4.78, 5) is 4.36. The summed E-state index contributed by atoms with van der Waals surface area (Å²) in [5.74, 6) is 0. The highest BCUT2D eigenvalue weighted by atomic mass is 14.6. The van der Waals surface area contributed by atoms with Crippen molar-refractivity contribution in [1.29, 1.82) is 0 Å². The van der Waals surface area contributed by atoms with Crippen LogP contribution in [0.4, 0.5) is 0 Å². The minimum atomic E-state index is 1.03. The van der Waals surface area contributed by atoms with Crippen LogP contribution in [0.2, 0.25) is 0 Å². The highest BCUT2D eigenvalue weighted by molar-refractivity contribution is 5.81. The van der Waals surface area contributed by atoms with Crippen LogP contribution < -0.4 is 0 Å². The summed E-state index contributed by atoms with van der Waals surface area (Å²) in [6.07, 6.45) is 6.44. The van der Waals surface area contributed by atoms with Gasteiger partial charge >= 0.3 is 0 Å². The molecule has 0 unspecified atom stereocenters. The van der Waals surface area contributed by atoms with Crippen molar-refractivity contribution in [2.75, 3.05) is 0 Å². The number of hydrogen-bond acceptors (Lipinski definition) is 1. The Kier molecular flexibility index (Phi) is 3.33. The predicted octanol–water partition coefficient (Wildman–Crippen LogP) is 3.78. The Morgan fingerprint density at radius 2 is 2.00 bits per heavy atom. The minimum Gasteiger partial charge on any atom is -0.256 e. The van der Waals surface area contributed by atoms with Crippen LogP contribution in [-0.4, -0.2) is 4.98 Å². The molecule has 0 bridgehead atoms. The zero-order chi connectivity index (χ0) is 10.5. The molecule has 0 amide bonds. The first-order chi connectivity index (χ1) is 7.42. The summed E-state index contributed by atoms with van der Waals surface area (Å²) < 4.78 is 0. The van der Waals surface area contributed by atoms with Crippen LogP contribution in [0.15, 0.2) is 36.5 Å². The topological polar surface area (TPSA) is 12.9 Å². The van der Waals surface area contributed by atoms with Crippen LogP contribution >= 0.6 is 0 Å². The average Bonchev–Trinajstić information content (AvgIpc) is 2.30. The molecule has 0 aliphatic rings. The van der Waals surface area contributed by atoms with E-state index in [1.165, 1.54) is 23.8 Å². The van der Waals surface area contributed by atoms with Gasteiger partial charge in [0, 0.05) is 11.6 Å². The standard InChI is InChI=1S/C14H16N/c1-2-3-4-7-12-8-5-10-14-13(12)9-6-11-15-14/h5-6,8-11H,1-4,7H2. The van der Waals surface area contributed by atoms with Gasteiger partial charge in [0.2, 0.25) is 0 Å². The molecule has 0 saturated carbocycles. The van der Waals surface area contributed by atoms with E-state index < -0.39 is 0 Å². The number of hydrogen-bond donors (Lipinski definition) is 0. The van der Waals surface area contributed by atoms with Gasteiger partial charge in [0.1, 0.15) is 0 Å². The van der Waals surface area contributed by atoms with Crippen molar-refractivity contribution in [3.8, 4) is 0 Å². The third-order valence-electron chi connectivity index (χ3n) is 2.68. The van der Waals surface area contributed by atoms with Crippen molar-refractivity contribution >= 4 is 10.9 Å². The zero-order valence-corrected chi connectivity index (χ0v) is 8.95. The minimum absolute atomic E-state index is 1.03. The fourth-order valence-electron chi connectivity index (χ4n) is 1.88. The van der Waals surface area contributed by atoms with Gasteiger partial charge in [0.15, 0.2) is 0 Å². The molecule has 1 aromatic heterocycles. The molecule has 1 aromatic carbocycles. The number of nitrogens with zero attached hydrogens (tertiary/aromatic N) is 1. The normalized spacial score (nSPS) is 10.7. The van der Waals surface area contributed by atoms with Gasteiger partial charge in [0.05, 0.1) is 5.52 Å². The second kappa shape index (κ2) is 4.92. The average molecular weight is 198 g/mol. The predicted molar refractivity (Wildman–Crippen MR) is 64.7 cm³/mol. The Morgan fingerprint density at radius 1 is 1.07 bits per heavy atom. The molecule has 0 aliphatic heterocycles. The van der Waals surface area contributed by atoms with E-state index in [9.17, 15) is 0 Å². The van der Waals surface area contributed by atoms with Gasteiger partial charge in [-0.05, 0) is 30.5 Å². The van der Waals surface area contributed by atoms with Gasteiger partial charge in [0.25, 0.3) is 0 Å². The van der Waals surface area contributed by atoms with E-state index in [0.29, 0.717) is 0 Å². The number of aromatic nitrogens is 1. The molecule has 1 heterocycles. The number of rotatable bonds is 4. The van der Waals surface area contributed by atoms with Gasteiger partial charge in [-0.15, -0.1) is 0 Å². The van der Waals surface area contributed by atoms with Crippen LogP contribution in [0.1, 0.15) is 24.8 Å². The molecular formula is C14H16N. The molecule has 0 fully saturated rings. The highest BCUT2D eigenvalue weighted by Crippen LogP contribution is 2.18. The summed E-state index contributed by atoms with van der Waals surface area (Å²) in [5.41, 5.74) is 2.51. The molecule has 0 aliphatic carbocycles. The van der Waals surface area contributed by atoms with Crippen molar-refractivity contribution in [1.82, 2.24) is 4.98 Å². The van der Waals surface area contributed by atoms with E-state index in [4.69, 9.17) is 0 Å². The lowest BCUT2D eigenvalue weighted by Crippen LogP contribution is -1.88. The monoisotopic (exact) mass is 198 g/mol. The van der Waals surface area contributed by atoms with Crippen molar-refractivity contribution in [3.05, 3.63) is 49.0 Å². The molecule has 15 heavy (non-hydrogen) atoms. The number of unbranched alkanes of at least 4 members (excludes halogenated alkanes) is 2. The van der Waals surface area contributed by atoms with Gasteiger partial charge in [-0.25, -0.2) is 0 Å². The van der Waals surface area contributed by atoms with Crippen molar-refractivity contribution in [2.45, 2.75) is 25.7 Å². The third-order valence-corrected chi connectivity index (χ3v) is 2.68. The number of fused-ring (bicyclic) bond motifs is 1. The largest absolute Gasteiger partial charge is 0.256 e. The number of aryl methyl sites for hydroxylation is 1. The molecule has 1 radical (unpaired) electrons. The van der Waals surface area contributed by atoms with Crippen LogP contribution in [0.5, 0.6) is 0 Å². The summed E-state index contributed by atoms with van der Waals surface area (Å²) >= 11 is 0. The van der Waals surface area contributed by atoms with Crippen molar-refractivity contribution in [3.63, 3.8) is 0 Å². The van der Waals surface area contributed by atoms with E-state index in [1.807, 2.05) is 12.3 Å². The van der Waals surface area contributed by atoms with Crippen LogP contribution in [0, 0.1) is 6.92 Å². The summed E-state index contributed by atoms with van der Waals surface area (Å²) in [5, 5.41) is 1.30. The molecule has 1 nitrogen and oxygen atoms in total. The van der Waals surface area contributed by atoms with E-state index >= 15 is 0 Å². The van der Waals surface area contributed by atoms with Crippen LogP contribution in [-0.2, 0) is 6.42 Å². The number of pyridine rings is 1. The lowest BCUT2D eigenvalue weighted by molar-refractivity contribution is 0.749. The maximum atomic E-state index is 4.36. The second-order valence-corrected chi connectivity index (χ2v) is 3.80. The number of benzene rings is 1. The molecule has 2 rings (SSSR count). The quantitative estimate of drug-likeness (QED) is 0.681. The van der Waals surface area contributed by atoms with Gasteiger partial charge in [-0.1, -0.05) is 38.0 Å². The summed E-state index contributed by atoms with van der Waals surface area (Å²) in [6, 6.07) is 10.5. The smallest absolute Gasteiger partial charge is 0.0704 e. The first-order valence-electron chi connectivity index (χ1n) is 5.53. The van der Waals surface area contributed by atoms with Gasteiger partial charge in [-0.2, -0.15) is 0 Å². The third kappa shape index (κ3) is 2.35. The van der Waals surface area contributed by atoms with Crippen LogP contribution in [0.25, 0.3) is 10.9 Å². The summed E-state index contributed by atoms with van der Waals surface area (Å²) in [7, 11) is 0. The van der Waals surface area contributed by atoms with Crippen molar-refractivity contribution < 1.29 is 0 Å². The van der Waals surface area contributed by atoms with E-state index in [2.05, 4.69) is 36.2 Å². The van der Waals surface area contributed by atoms with Crippen LogP contribution in [0.3, 0.4) is 0 Å². The molecule has 0 N–H and O–H groups in total. The molecule has 2 aromatic rings. The van der Waals surface area contributed by atoms with E-state index in [-0.39, 0.29) is 0 Å². The Morgan fingerprint density at radius 3 is 2.87 bits per heavy atom. The van der Waals surface area contributed by atoms with E-state index in [0.717, 1.165) is 18.4 Å². The Balaban J connectivity index is 2.26. The molecule has 0 atom stereocenters. The summed E-state index contributed by atoms with van der Waals surface area (Å²) in [6.45, 7) is 3.87. The Hall–Kier alpha value is -1.37. The maximum absolute atomic E-state index is 4.36. The zero-order valence-electron chi connectivity index (χ0n) is 8.95. The SMILES string of the molecule is [CH2]CCCCc1cccc2ncccc12. The maximum Gasteiger partial charge on any atom is 0.0704 e. The molecule has 77 valence electrons. The Bertz CT molecular complexity index is 429. The van der Waals surface area contributed by atoms with Gasteiger partial charge < -0.3 is 0 Å². The lowest BCUT2D eigenvalue weighted by atomic mass is 10.0. The second-order valence-electron chi connectivity index (χ2n) is 3.80. The first-order valence-corrected chi connectivity index (χ1v) is 5.53. The molecule has 0 saturated heterocycles.